The van der Waals surface area contributed by atoms with E-state index in [0.717, 1.165) is 22.3 Å². The van der Waals surface area contributed by atoms with Gasteiger partial charge in [-0.25, -0.2) is 9.59 Å². The average molecular weight is 810 g/mol. The second kappa shape index (κ2) is 21.9. The van der Waals surface area contributed by atoms with Gasteiger partial charge in [0.05, 0.1) is 39.1 Å². The largest absolute Gasteiger partial charge is 0.458 e. The highest BCUT2D eigenvalue weighted by Crippen LogP contribution is 2.33. The number of hydrogen-bond acceptors (Lipinski definition) is 10. The molecule has 4 aromatic carbocycles. The van der Waals surface area contributed by atoms with E-state index < -0.39 is 59.8 Å². The minimum absolute atomic E-state index is 0.121. The summed E-state index contributed by atoms with van der Waals surface area (Å²) < 4.78 is 44.5. The van der Waals surface area contributed by atoms with Gasteiger partial charge in [-0.1, -0.05) is 121 Å². The molecule has 0 saturated carbocycles. The molecule has 1 N–H and O–H groups in total. The molecule has 4 aromatic rings. The maximum Gasteiger partial charge on any atom is 0.408 e. The fraction of sp³-hybridized carbons (Fsp3) is 0.438. The first-order chi connectivity index (χ1) is 28.2. The first-order valence-electron chi connectivity index (χ1n) is 20.2. The van der Waals surface area contributed by atoms with Crippen molar-refractivity contribution < 1.29 is 47.5 Å². The smallest absolute Gasteiger partial charge is 0.408 e. The third-order valence-corrected chi connectivity index (χ3v) is 9.22. The van der Waals surface area contributed by atoms with Crippen LogP contribution in [0.15, 0.2) is 121 Å². The van der Waals surface area contributed by atoms with Crippen molar-refractivity contribution in [1.29, 1.82) is 0 Å². The molecule has 1 fully saturated rings. The van der Waals surface area contributed by atoms with Crippen molar-refractivity contribution in [3.05, 3.63) is 144 Å². The summed E-state index contributed by atoms with van der Waals surface area (Å²) in [4.78, 5) is 40.6. The lowest BCUT2D eigenvalue weighted by Crippen LogP contribution is -2.61. The van der Waals surface area contributed by atoms with Crippen molar-refractivity contribution >= 4 is 17.8 Å². The molecule has 316 valence electrons. The second-order valence-corrected chi connectivity index (χ2v) is 16.7. The Morgan fingerprint density at radius 2 is 0.966 bits per heavy atom. The summed E-state index contributed by atoms with van der Waals surface area (Å²) >= 11 is 0. The molecular formula is C48H59NO10. The number of benzene rings is 4. The van der Waals surface area contributed by atoms with Crippen LogP contribution in [0.2, 0.25) is 0 Å². The number of nitrogens with one attached hydrogen (secondary N) is 1. The fourth-order valence-electron chi connectivity index (χ4n) is 6.60. The summed E-state index contributed by atoms with van der Waals surface area (Å²) in [6.45, 7) is 11.4. The summed E-state index contributed by atoms with van der Waals surface area (Å²) in [6, 6.07) is 37.8. The third kappa shape index (κ3) is 15.7. The van der Waals surface area contributed by atoms with Crippen molar-refractivity contribution in [3.63, 3.8) is 0 Å². The Morgan fingerprint density at radius 1 is 0.559 bits per heavy atom. The Balaban J connectivity index is 1.47. The van der Waals surface area contributed by atoms with E-state index in [1.807, 2.05) is 121 Å². The van der Waals surface area contributed by atoms with E-state index in [0.29, 0.717) is 6.61 Å². The lowest BCUT2D eigenvalue weighted by Gasteiger charge is -2.46. The summed E-state index contributed by atoms with van der Waals surface area (Å²) in [5.74, 6) is -1.13. The molecule has 0 aromatic heterocycles. The van der Waals surface area contributed by atoms with E-state index in [-0.39, 0.29) is 45.1 Å². The number of carbonyl (C=O) groups excluding carboxylic acids is 3. The van der Waals surface area contributed by atoms with Gasteiger partial charge in [0.1, 0.15) is 47.4 Å². The van der Waals surface area contributed by atoms with E-state index in [1.165, 1.54) is 0 Å². The van der Waals surface area contributed by atoms with Crippen molar-refractivity contribution in [2.45, 2.75) is 129 Å². The van der Waals surface area contributed by atoms with Gasteiger partial charge in [-0.3, -0.25) is 4.79 Å². The van der Waals surface area contributed by atoms with Crippen molar-refractivity contribution in [2.24, 2.45) is 0 Å². The van der Waals surface area contributed by atoms with E-state index in [2.05, 4.69) is 5.32 Å². The summed E-state index contributed by atoms with van der Waals surface area (Å²) in [6.07, 6.45) is -5.20. The molecule has 0 radical (unpaired) electrons. The molecule has 1 aliphatic rings. The normalized spacial score (nSPS) is 20.0. The van der Waals surface area contributed by atoms with Gasteiger partial charge in [-0.05, 0) is 63.8 Å². The van der Waals surface area contributed by atoms with E-state index >= 15 is 0 Å². The van der Waals surface area contributed by atoms with Crippen LogP contribution in [0, 0.1) is 0 Å². The Morgan fingerprint density at radius 3 is 1.41 bits per heavy atom. The van der Waals surface area contributed by atoms with E-state index in [4.69, 9.17) is 33.2 Å². The number of ether oxygens (including phenoxy) is 7. The molecule has 1 aliphatic heterocycles. The van der Waals surface area contributed by atoms with Gasteiger partial charge >= 0.3 is 12.1 Å². The molecule has 6 atom stereocenters. The Kier molecular flexibility index (Phi) is 16.8. The van der Waals surface area contributed by atoms with Gasteiger partial charge in [-0.15, -0.1) is 0 Å². The quantitative estimate of drug-likeness (QED) is 0.0925. The predicted molar refractivity (Wildman–Crippen MR) is 223 cm³/mol. The molecule has 0 unspecified atom stereocenters. The van der Waals surface area contributed by atoms with E-state index in [9.17, 15) is 14.4 Å². The fourth-order valence-corrected chi connectivity index (χ4v) is 6.60. The highest BCUT2D eigenvalue weighted by molar-refractivity contribution is 5.89. The summed E-state index contributed by atoms with van der Waals surface area (Å²) in [7, 11) is 0. The Bertz CT molecular complexity index is 1860. The van der Waals surface area contributed by atoms with Crippen molar-refractivity contribution in [1.82, 2.24) is 5.32 Å². The molecule has 0 aliphatic carbocycles. The topological polar surface area (TPSA) is 128 Å². The number of alkyl carbamates (subject to hydrolysis) is 1. The number of ketones is 1. The number of hydrogen-bond donors (Lipinski definition) is 1. The van der Waals surface area contributed by atoms with Crippen LogP contribution in [0.3, 0.4) is 0 Å². The van der Waals surface area contributed by atoms with Gasteiger partial charge in [0.15, 0.2) is 0 Å². The zero-order chi connectivity index (χ0) is 42.3. The monoisotopic (exact) mass is 809 g/mol. The van der Waals surface area contributed by atoms with Crippen LogP contribution < -0.4 is 5.32 Å². The van der Waals surface area contributed by atoms with Gasteiger partial charge in [0.2, 0.25) is 0 Å². The van der Waals surface area contributed by atoms with Gasteiger partial charge in [-0.2, -0.15) is 0 Å². The SMILES string of the molecule is CC(C)(C)OC(=O)N[C@@H](CC(=O)C[C@H]1O[C@H](COCc2ccccc2)[C@@H](OCc2ccccc2)[C@H](OCc2ccccc2)[C@H]1OCc1ccccc1)C(=O)OC(C)(C)C. The van der Waals surface area contributed by atoms with Crippen molar-refractivity contribution in [3.8, 4) is 0 Å². The number of amides is 1. The molecule has 59 heavy (non-hydrogen) atoms. The average Bonchev–Trinajstić information content (AvgIpc) is 3.19. The molecule has 11 nitrogen and oxygen atoms in total. The minimum Gasteiger partial charge on any atom is -0.458 e. The molecule has 1 saturated heterocycles. The zero-order valence-electron chi connectivity index (χ0n) is 35.0. The summed E-state index contributed by atoms with van der Waals surface area (Å²) in [5.41, 5.74) is 2.10. The number of Topliss-reactive ketones (excluding diaryl/α,β-unsaturated/α-hetero) is 1. The van der Waals surface area contributed by atoms with Gasteiger partial charge < -0.3 is 38.5 Å². The van der Waals surface area contributed by atoms with Crippen LogP contribution in [0.25, 0.3) is 0 Å². The number of rotatable bonds is 19. The maximum atomic E-state index is 14.2. The van der Waals surface area contributed by atoms with Crippen LogP contribution in [0.4, 0.5) is 4.79 Å². The zero-order valence-corrected chi connectivity index (χ0v) is 35.0. The highest BCUT2D eigenvalue weighted by Gasteiger charge is 2.49. The molecule has 0 spiro atoms. The van der Waals surface area contributed by atoms with E-state index in [1.54, 1.807) is 41.5 Å². The number of esters is 1. The van der Waals surface area contributed by atoms with Gasteiger partial charge in [0.25, 0.3) is 0 Å². The third-order valence-electron chi connectivity index (χ3n) is 9.22. The first-order valence-corrected chi connectivity index (χ1v) is 20.2. The lowest BCUT2D eigenvalue weighted by molar-refractivity contribution is -0.272. The lowest BCUT2D eigenvalue weighted by atomic mass is 9.90. The molecule has 0 bridgehead atoms. The van der Waals surface area contributed by atoms with Crippen LogP contribution in [0.1, 0.15) is 76.6 Å². The standard InChI is InChI=1S/C48H59NO10/c1-47(2,3)58-45(51)39(49-46(52)59-48(4,5)6)27-38(50)28-40-42(54-30-35-21-13-8-14-22-35)44(56-32-37-25-17-10-18-26-37)43(55-31-36-23-15-9-16-24-36)41(57-40)33-53-29-34-19-11-7-12-20-34/h7-26,39-44H,27-33H2,1-6H3,(H,49,52)/t39-,40+,41+,42-,43+,44+/m0/s1. The molecular weight excluding hydrogens is 751 g/mol. The van der Waals surface area contributed by atoms with Crippen LogP contribution in [-0.2, 0) is 69.2 Å². The van der Waals surface area contributed by atoms with Crippen LogP contribution in [-0.4, -0.2) is 72.2 Å². The van der Waals surface area contributed by atoms with Crippen molar-refractivity contribution in [2.75, 3.05) is 6.61 Å². The highest BCUT2D eigenvalue weighted by atomic mass is 16.6. The number of carbonyl (C=O) groups is 3. The molecule has 1 amide bonds. The first kappa shape index (κ1) is 45.2. The predicted octanol–water partition coefficient (Wildman–Crippen LogP) is 8.31. The van der Waals surface area contributed by atoms with Crippen LogP contribution >= 0.6 is 0 Å². The molecule has 11 heteroatoms. The minimum atomic E-state index is -1.32. The Hall–Kier alpha value is -4.91. The van der Waals surface area contributed by atoms with Gasteiger partial charge in [0, 0.05) is 12.8 Å². The Labute approximate surface area is 348 Å². The van der Waals surface area contributed by atoms with Crippen LogP contribution in [0.5, 0.6) is 0 Å². The molecule has 5 rings (SSSR count). The molecule has 1 heterocycles. The second-order valence-electron chi connectivity index (χ2n) is 16.7. The summed E-state index contributed by atoms with van der Waals surface area (Å²) in [5, 5.41) is 2.57. The maximum absolute atomic E-state index is 14.2.